The van der Waals surface area contributed by atoms with E-state index in [4.69, 9.17) is 9.47 Å². The second-order valence-electron chi connectivity index (χ2n) is 10.1. The van der Waals surface area contributed by atoms with Crippen LogP contribution >= 0.6 is 0 Å². The Kier molecular flexibility index (Phi) is 8.56. The molecule has 0 radical (unpaired) electrons. The number of hydrogen-bond acceptors (Lipinski definition) is 4. The molecule has 5 aromatic carbocycles. The molecule has 40 heavy (non-hydrogen) atoms. The van der Waals surface area contributed by atoms with Gasteiger partial charge in [-0.3, -0.25) is 0 Å². The average molecular weight is 531 g/mol. The van der Waals surface area contributed by atoms with E-state index in [9.17, 15) is 9.59 Å². The zero-order chi connectivity index (χ0) is 27.9. The van der Waals surface area contributed by atoms with Crippen molar-refractivity contribution in [2.45, 2.75) is 52.4 Å². The predicted molar refractivity (Wildman–Crippen MR) is 161 cm³/mol. The molecule has 0 aromatic heterocycles. The van der Waals surface area contributed by atoms with E-state index in [2.05, 4.69) is 13.8 Å². The maximum atomic E-state index is 13.3. The summed E-state index contributed by atoms with van der Waals surface area (Å²) in [6, 6.07) is 30.3. The second kappa shape index (κ2) is 12.6. The summed E-state index contributed by atoms with van der Waals surface area (Å²) < 4.78 is 12.1. The van der Waals surface area contributed by atoms with E-state index in [-0.39, 0.29) is 0 Å². The maximum absolute atomic E-state index is 13.3. The van der Waals surface area contributed by atoms with E-state index in [0.717, 1.165) is 38.5 Å². The van der Waals surface area contributed by atoms with Crippen LogP contribution in [0.1, 0.15) is 71.4 Å². The van der Waals surface area contributed by atoms with Gasteiger partial charge in [0.25, 0.3) is 0 Å². The van der Waals surface area contributed by atoms with Gasteiger partial charge in [-0.2, -0.15) is 0 Å². The third-order valence-corrected chi connectivity index (χ3v) is 7.24. The highest BCUT2D eigenvalue weighted by molar-refractivity contribution is 6.13. The number of rotatable bonds is 10. The molecule has 0 amide bonds. The van der Waals surface area contributed by atoms with Crippen LogP contribution in [-0.2, 0) is 12.8 Å². The molecule has 202 valence electrons. The van der Waals surface area contributed by atoms with E-state index >= 15 is 0 Å². The van der Waals surface area contributed by atoms with Gasteiger partial charge in [0.2, 0.25) is 0 Å². The molecule has 0 spiro atoms. The highest BCUT2D eigenvalue weighted by Gasteiger charge is 2.21. The lowest BCUT2D eigenvalue weighted by molar-refractivity contribution is 0.0726. The molecule has 0 aliphatic rings. The highest BCUT2D eigenvalue weighted by Crippen LogP contribution is 2.43. The van der Waals surface area contributed by atoms with Crippen LogP contribution in [0.3, 0.4) is 0 Å². The highest BCUT2D eigenvalue weighted by atomic mass is 16.5. The van der Waals surface area contributed by atoms with Gasteiger partial charge in [-0.15, -0.1) is 0 Å². The van der Waals surface area contributed by atoms with Gasteiger partial charge in [0, 0.05) is 21.5 Å². The molecule has 0 bridgehead atoms. The summed E-state index contributed by atoms with van der Waals surface area (Å²) in [6.07, 6.45) is 6.46. The van der Waals surface area contributed by atoms with E-state index in [1.807, 2.05) is 97.1 Å². The van der Waals surface area contributed by atoms with Crippen molar-refractivity contribution in [3.8, 4) is 11.5 Å². The number of hydrogen-bond donors (Lipinski definition) is 0. The molecule has 0 N–H and O–H groups in total. The summed E-state index contributed by atoms with van der Waals surface area (Å²) in [5.41, 5.74) is 3.39. The Morgan fingerprint density at radius 3 is 1.12 bits per heavy atom. The summed E-state index contributed by atoms with van der Waals surface area (Å²) in [5, 5.41) is 2.80. The van der Waals surface area contributed by atoms with Gasteiger partial charge in [-0.05, 0) is 61.1 Å². The molecule has 0 saturated heterocycles. The first kappa shape index (κ1) is 27.1. The first-order valence-corrected chi connectivity index (χ1v) is 14.1. The lowest BCUT2D eigenvalue weighted by Crippen LogP contribution is -2.11. The van der Waals surface area contributed by atoms with E-state index in [1.165, 1.54) is 11.1 Å². The fourth-order valence-corrected chi connectivity index (χ4v) is 4.95. The number of carbonyl (C=O) groups is 2. The number of benzene rings is 5. The van der Waals surface area contributed by atoms with Gasteiger partial charge < -0.3 is 9.47 Å². The minimum absolute atomic E-state index is 0.426. The molecule has 0 aliphatic heterocycles. The monoisotopic (exact) mass is 530 g/mol. The molecular weight excluding hydrogens is 496 g/mol. The summed E-state index contributed by atoms with van der Waals surface area (Å²) >= 11 is 0. The lowest BCUT2D eigenvalue weighted by Gasteiger charge is -2.16. The Labute approximate surface area is 235 Å². The van der Waals surface area contributed by atoms with E-state index in [1.54, 1.807) is 0 Å². The number of esters is 2. The molecule has 0 unspecified atom stereocenters. The quantitative estimate of drug-likeness (QED) is 0.103. The molecule has 0 saturated carbocycles. The van der Waals surface area contributed by atoms with Crippen LogP contribution in [0.15, 0.2) is 97.1 Å². The van der Waals surface area contributed by atoms with Crippen molar-refractivity contribution in [2.75, 3.05) is 0 Å². The fourth-order valence-electron chi connectivity index (χ4n) is 4.95. The third-order valence-electron chi connectivity index (χ3n) is 7.24. The van der Waals surface area contributed by atoms with Crippen LogP contribution in [0.25, 0.3) is 21.5 Å². The smallest absolute Gasteiger partial charge is 0.343 e. The minimum atomic E-state index is -0.426. The summed E-state index contributed by atoms with van der Waals surface area (Å²) in [6.45, 7) is 4.33. The fraction of sp³-hybridized carbons (Fsp3) is 0.222. The molecule has 4 heteroatoms. The van der Waals surface area contributed by atoms with Gasteiger partial charge in [-0.25, -0.2) is 9.59 Å². The van der Waals surface area contributed by atoms with Crippen LogP contribution in [0.4, 0.5) is 0 Å². The van der Waals surface area contributed by atoms with Crippen molar-refractivity contribution in [2.24, 2.45) is 0 Å². The molecule has 0 fully saturated rings. The zero-order valence-corrected chi connectivity index (χ0v) is 23.1. The Morgan fingerprint density at radius 2 is 0.825 bits per heavy atom. The first-order valence-electron chi connectivity index (χ1n) is 14.1. The predicted octanol–water partition coefficient (Wildman–Crippen LogP) is 9.12. The van der Waals surface area contributed by atoms with Crippen LogP contribution in [0, 0.1) is 0 Å². The number of unbranched alkanes of at least 4 members (excludes halogenated alkanes) is 2. The summed E-state index contributed by atoms with van der Waals surface area (Å²) in [4.78, 5) is 26.5. The van der Waals surface area contributed by atoms with Gasteiger partial charge in [-0.1, -0.05) is 99.5 Å². The molecule has 0 aliphatic carbocycles. The number of fused-ring (bicyclic) bond motifs is 2. The van der Waals surface area contributed by atoms with Gasteiger partial charge in [0.1, 0.15) is 11.5 Å². The lowest BCUT2D eigenvalue weighted by atomic mass is 10.0. The molecule has 5 aromatic rings. The first-order chi connectivity index (χ1) is 19.6. The van der Waals surface area contributed by atoms with E-state index in [0.29, 0.717) is 44.2 Å². The van der Waals surface area contributed by atoms with Gasteiger partial charge >= 0.3 is 11.9 Å². The molecule has 4 nitrogen and oxygen atoms in total. The summed E-state index contributed by atoms with van der Waals surface area (Å²) in [7, 11) is 0. The topological polar surface area (TPSA) is 52.6 Å². The Balaban J connectivity index is 1.49. The third kappa shape index (κ3) is 5.91. The van der Waals surface area contributed by atoms with Crippen LogP contribution in [0.5, 0.6) is 11.5 Å². The SMILES string of the molecule is CCCCc1ccc(C(=O)Oc2c3ccccc3c(OC(=O)c3ccc(CCCC)cc3)c3ccccc23)cc1. The van der Waals surface area contributed by atoms with Crippen LogP contribution in [-0.4, -0.2) is 11.9 Å². The Morgan fingerprint density at radius 1 is 0.500 bits per heavy atom. The van der Waals surface area contributed by atoms with Crippen molar-refractivity contribution in [1.29, 1.82) is 0 Å². The Bertz CT molecular complexity index is 1450. The van der Waals surface area contributed by atoms with Crippen molar-refractivity contribution >= 4 is 33.5 Å². The molecule has 0 atom stereocenters. The normalized spacial score (nSPS) is 11.1. The average Bonchev–Trinajstić information content (AvgIpc) is 3.00. The maximum Gasteiger partial charge on any atom is 0.343 e. The van der Waals surface area contributed by atoms with Gasteiger partial charge in [0.05, 0.1) is 11.1 Å². The number of carbonyl (C=O) groups excluding carboxylic acids is 2. The van der Waals surface area contributed by atoms with Crippen molar-refractivity contribution in [3.05, 3.63) is 119 Å². The largest absolute Gasteiger partial charge is 0.422 e. The van der Waals surface area contributed by atoms with Crippen molar-refractivity contribution in [1.82, 2.24) is 0 Å². The number of ether oxygens (including phenoxy) is 2. The minimum Gasteiger partial charge on any atom is -0.422 e. The second-order valence-corrected chi connectivity index (χ2v) is 10.1. The van der Waals surface area contributed by atoms with Crippen molar-refractivity contribution in [3.63, 3.8) is 0 Å². The summed E-state index contributed by atoms with van der Waals surface area (Å²) in [5.74, 6) is 0.0492. The van der Waals surface area contributed by atoms with Crippen molar-refractivity contribution < 1.29 is 19.1 Å². The molecular formula is C36H34O4. The number of aryl methyl sites for hydroxylation is 2. The standard InChI is InChI=1S/C36H34O4/c1-3-5-11-25-17-21-27(22-18-25)35(37)39-33-29-13-7-9-15-31(29)34(32-16-10-8-14-30(32)33)40-36(38)28-23-19-26(20-24-28)12-6-4-2/h7-10,13-24H,3-6,11-12H2,1-2H3. The van der Waals surface area contributed by atoms with Crippen LogP contribution < -0.4 is 9.47 Å². The Hall–Kier alpha value is -4.44. The van der Waals surface area contributed by atoms with Gasteiger partial charge in [0.15, 0.2) is 0 Å². The molecule has 0 heterocycles. The molecule has 5 rings (SSSR count). The van der Waals surface area contributed by atoms with E-state index < -0.39 is 11.9 Å². The van der Waals surface area contributed by atoms with Crippen LogP contribution in [0.2, 0.25) is 0 Å². The zero-order valence-electron chi connectivity index (χ0n) is 23.1.